The van der Waals surface area contributed by atoms with Gasteiger partial charge in [-0.3, -0.25) is 4.79 Å². The van der Waals surface area contributed by atoms with Crippen LogP contribution >= 0.6 is 12.4 Å². The van der Waals surface area contributed by atoms with Crippen LogP contribution in [-0.2, 0) is 4.79 Å². The fraction of sp³-hybridized carbons (Fsp3) is 0.300. The van der Waals surface area contributed by atoms with Crippen molar-refractivity contribution in [2.45, 2.75) is 6.42 Å². The summed E-state index contributed by atoms with van der Waals surface area (Å²) in [6.07, 6.45) is 0.0535. The molecule has 90 valence electrons. The molecule has 4 N–H and O–H groups in total. The summed E-state index contributed by atoms with van der Waals surface area (Å²) in [5.74, 6) is -0.194. The van der Waals surface area contributed by atoms with Crippen molar-refractivity contribution in [3.05, 3.63) is 18.2 Å². The molecule has 0 amide bonds. The normalized spacial score (nSPS) is 9.06. The Hall–Kier alpha value is -1.62. The number of aliphatic carboxylic acids is 1. The van der Waals surface area contributed by atoms with Gasteiger partial charge in [-0.2, -0.15) is 0 Å². The molecular formula is C10H15ClN2O3. The number of nitrogens with two attached hydrogens (primary N) is 1. The molecule has 0 radical (unpaired) electrons. The molecule has 16 heavy (non-hydrogen) atoms. The first-order valence-corrected chi connectivity index (χ1v) is 4.52. The minimum absolute atomic E-state index is 0. The lowest BCUT2D eigenvalue weighted by atomic mass is 10.2. The van der Waals surface area contributed by atoms with Gasteiger partial charge in [-0.15, -0.1) is 12.4 Å². The van der Waals surface area contributed by atoms with E-state index in [2.05, 4.69) is 5.32 Å². The van der Waals surface area contributed by atoms with Gasteiger partial charge in [0.05, 0.1) is 19.2 Å². The number of nitrogens with one attached hydrogen (secondary N) is 1. The van der Waals surface area contributed by atoms with E-state index < -0.39 is 5.97 Å². The number of carboxylic acids is 1. The molecule has 0 atom stereocenters. The van der Waals surface area contributed by atoms with Crippen LogP contribution in [0.25, 0.3) is 0 Å². The minimum Gasteiger partial charge on any atom is -0.495 e. The molecule has 0 unspecified atom stereocenters. The maximum Gasteiger partial charge on any atom is 0.305 e. The first-order chi connectivity index (χ1) is 7.13. The largest absolute Gasteiger partial charge is 0.495 e. The van der Waals surface area contributed by atoms with Gasteiger partial charge in [-0.05, 0) is 18.2 Å². The third kappa shape index (κ3) is 4.27. The number of carboxylic acid groups (broad SMARTS) is 1. The summed E-state index contributed by atoms with van der Waals surface area (Å²) < 4.78 is 5.09. The number of rotatable bonds is 5. The first-order valence-electron chi connectivity index (χ1n) is 4.52. The average molecular weight is 247 g/mol. The molecule has 1 aromatic rings. The third-order valence-electron chi connectivity index (χ3n) is 1.88. The van der Waals surface area contributed by atoms with Gasteiger partial charge >= 0.3 is 5.97 Å². The van der Waals surface area contributed by atoms with Crippen molar-refractivity contribution >= 4 is 29.8 Å². The summed E-state index contributed by atoms with van der Waals surface area (Å²) in [6, 6.07) is 5.17. The summed E-state index contributed by atoms with van der Waals surface area (Å²) in [7, 11) is 1.55. The second-order valence-electron chi connectivity index (χ2n) is 3.03. The molecule has 0 aliphatic rings. The maximum absolute atomic E-state index is 10.3. The van der Waals surface area contributed by atoms with Crippen molar-refractivity contribution in [3.63, 3.8) is 0 Å². The van der Waals surface area contributed by atoms with Crippen molar-refractivity contribution in [2.24, 2.45) is 0 Å². The van der Waals surface area contributed by atoms with Gasteiger partial charge in [0.25, 0.3) is 0 Å². The van der Waals surface area contributed by atoms with Gasteiger partial charge in [0.2, 0.25) is 0 Å². The van der Waals surface area contributed by atoms with Crippen LogP contribution in [-0.4, -0.2) is 24.7 Å². The molecule has 0 saturated carbocycles. The van der Waals surface area contributed by atoms with Gasteiger partial charge in [-0.1, -0.05) is 0 Å². The molecule has 0 aliphatic heterocycles. The zero-order valence-corrected chi connectivity index (χ0v) is 9.71. The molecule has 0 bridgehead atoms. The van der Waals surface area contributed by atoms with Crippen LogP contribution in [0.15, 0.2) is 18.2 Å². The average Bonchev–Trinajstić information content (AvgIpc) is 2.17. The van der Waals surface area contributed by atoms with E-state index in [0.29, 0.717) is 23.7 Å². The molecule has 5 nitrogen and oxygen atoms in total. The lowest BCUT2D eigenvalue weighted by molar-refractivity contribution is -0.136. The van der Waals surface area contributed by atoms with E-state index in [-0.39, 0.29) is 18.8 Å². The second kappa shape index (κ2) is 6.79. The highest BCUT2D eigenvalue weighted by Gasteiger charge is 2.03. The molecular weight excluding hydrogens is 232 g/mol. The molecule has 0 fully saturated rings. The number of hydrogen-bond acceptors (Lipinski definition) is 4. The molecule has 6 heteroatoms. The van der Waals surface area contributed by atoms with E-state index in [1.165, 1.54) is 0 Å². The first kappa shape index (κ1) is 14.4. The fourth-order valence-corrected chi connectivity index (χ4v) is 1.17. The van der Waals surface area contributed by atoms with Crippen molar-refractivity contribution < 1.29 is 14.6 Å². The van der Waals surface area contributed by atoms with E-state index in [0.717, 1.165) is 0 Å². The van der Waals surface area contributed by atoms with Gasteiger partial charge < -0.3 is 20.9 Å². The Morgan fingerprint density at radius 2 is 2.25 bits per heavy atom. The Labute approximate surface area is 100 Å². The van der Waals surface area contributed by atoms with Gasteiger partial charge in [0.15, 0.2) is 0 Å². The predicted octanol–water partition coefficient (Wildman–Crippen LogP) is 1.59. The number of nitrogen functional groups attached to an aromatic ring is 1. The van der Waals surface area contributed by atoms with Crippen molar-refractivity contribution in [1.29, 1.82) is 0 Å². The third-order valence-corrected chi connectivity index (χ3v) is 1.88. The predicted molar refractivity (Wildman–Crippen MR) is 65.4 cm³/mol. The SMILES string of the molecule is COc1ccc(N)cc1NCCC(=O)O.Cl. The van der Waals surface area contributed by atoms with Crippen molar-refractivity contribution in [3.8, 4) is 5.75 Å². The van der Waals surface area contributed by atoms with Crippen LogP contribution in [0.5, 0.6) is 5.75 Å². The van der Waals surface area contributed by atoms with Crippen molar-refractivity contribution in [1.82, 2.24) is 0 Å². The van der Waals surface area contributed by atoms with Gasteiger partial charge in [0, 0.05) is 12.2 Å². The highest BCUT2D eigenvalue weighted by Crippen LogP contribution is 2.26. The fourth-order valence-electron chi connectivity index (χ4n) is 1.17. The Kier molecular flexibility index (Phi) is 6.10. The monoisotopic (exact) mass is 246 g/mol. The number of methoxy groups -OCH3 is 1. The zero-order chi connectivity index (χ0) is 11.3. The Morgan fingerprint density at radius 3 is 2.81 bits per heavy atom. The highest BCUT2D eigenvalue weighted by atomic mass is 35.5. The number of carbonyl (C=O) groups is 1. The van der Waals surface area contributed by atoms with Crippen LogP contribution in [0.2, 0.25) is 0 Å². The Balaban J connectivity index is 0.00000225. The summed E-state index contributed by atoms with van der Waals surface area (Å²) in [4.78, 5) is 10.3. The van der Waals surface area contributed by atoms with E-state index in [9.17, 15) is 4.79 Å². The number of halogens is 1. The molecule has 0 heterocycles. The maximum atomic E-state index is 10.3. The van der Waals surface area contributed by atoms with Crippen molar-refractivity contribution in [2.75, 3.05) is 24.7 Å². The number of ether oxygens (including phenoxy) is 1. The van der Waals surface area contributed by atoms with Gasteiger partial charge in [0.1, 0.15) is 5.75 Å². The smallest absolute Gasteiger partial charge is 0.305 e. The van der Waals surface area contributed by atoms with E-state index in [4.69, 9.17) is 15.6 Å². The standard InChI is InChI=1S/C10H14N2O3.ClH/c1-15-9-3-2-7(11)6-8(9)12-5-4-10(13)14;/h2-3,6,12H,4-5,11H2,1H3,(H,13,14);1H. The Bertz CT molecular complexity index is 358. The lowest BCUT2D eigenvalue weighted by Crippen LogP contribution is -2.08. The van der Waals surface area contributed by atoms with E-state index in [1.807, 2.05) is 0 Å². The number of benzene rings is 1. The van der Waals surface area contributed by atoms with Crippen LogP contribution < -0.4 is 15.8 Å². The summed E-state index contributed by atoms with van der Waals surface area (Å²) >= 11 is 0. The lowest BCUT2D eigenvalue weighted by Gasteiger charge is -2.10. The van der Waals surface area contributed by atoms with Crippen LogP contribution in [0.4, 0.5) is 11.4 Å². The quantitative estimate of drug-likeness (QED) is 0.687. The summed E-state index contributed by atoms with van der Waals surface area (Å²) in [6.45, 7) is 0.342. The molecule has 0 spiro atoms. The highest BCUT2D eigenvalue weighted by molar-refractivity contribution is 5.85. The van der Waals surface area contributed by atoms with Crippen LogP contribution in [0.3, 0.4) is 0 Å². The number of anilines is 2. The molecule has 0 aliphatic carbocycles. The zero-order valence-electron chi connectivity index (χ0n) is 8.90. The van der Waals surface area contributed by atoms with E-state index in [1.54, 1.807) is 25.3 Å². The molecule has 1 aromatic carbocycles. The molecule has 0 aromatic heterocycles. The Morgan fingerprint density at radius 1 is 1.56 bits per heavy atom. The van der Waals surface area contributed by atoms with E-state index >= 15 is 0 Å². The molecule has 0 saturated heterocycles. The van der Waals surface area contributed by atoms with Crippen LogP contribution in [0.1, 0.15) is 6.42 Å². The number of hydrogen-bond donors (Lipinski definition) is 3. The molecule has 1 rings (SSSR count). The van der Waals surface area contributed by atoms with Crippen LogP contribution in [0, 0.1) is 0 Å². The topological polar surface area (TPSA) is 84.6 Å². The minimum atomic E-state index is -0.842. The summed E-state index contributed by atoms with van der Waals surface area (Å²) in [5, 5.41) is 11.4. The summed E-state index contributed by atoms with van der Waals surface area (Å²) in [5.41, 5.74) is 6.91. The van der Waals surface area contributed by atoms with Gasteiger partial charge in [-0.25, -0.2) is 0 Å². The second-order valence-corrected chi connectivity index (χ2v) is 3.03.